The van der Waals surface area contributed by atoms with Gasteiger partial charge in [0.1, 0.15) is 16.9 Å². The van der Waals surface area contributed by atoms with E-state index in [0.717, 1.165) is 11.4 Å². The van der Waals surface area contributed by atoms with Gasteiger partial charge in [0.25, 0.3) is 0 Å². The molecular formula is C11H11N5S. The fourth-order valence-electron chi connectivity index (χ4n) is 1.24. The summed E-state index contributed by atoms with van der Waals surface area (Å²) in [5.74, 6) is 0.650. The standard InChI is InChI=1S/C11H11N5S/c1-2-9-5-16-11(17-9)7-15-10-6-13-8(3-12)4-14-10/h4-6H,2,7H2,1H3,(H,14,15). The first-order valence-corrected chi connectivity index (χ1v) is 6.03. The van der Waals surface area contributed by atoms with E-state index in [4.69, 9.17) is 5.26 Å². The highest BCUT2D eigenvalue weighted by atomic mass is 32.1. The van der Waals surface area contributed by atoms with Gasteiger partial charge in [-0.05, 0) is 6.42 Å². The first-order chi connectivity index (χ1) is 8.31. The number of nitrogens with one attached hydrogen (secondary N) is 1. The zero-order chi connectivity index (χ0) is 12.1. The van der Waals surface area contributed by atoms with Crippen LogP contribution >= 0.6 is 11.3 Å². The normalized spacial score (nSPS) is 9.88. The van der Waals surface area contributed by atoms with Crippen molar-refractivity contribution in [2.24, 2.45) is 0 Å². The maximum Gasteiger partial charge on any atom is 0.158 e. The number of nitriles is 1. The molecule has 5 nitrogen and oxygen atoms in total. The average molecular weight is 245 g/mol. The maximum atomic E-state index is 8.59. The molecule has 17 heavy (non-hydrogen) atoms. The van der Waals surface area contributed by atoms with Gasteiger partial charge in [-0.15, -0.1) is 11.3 Å². The van der Waals surface area contributed by atoms with Crippen LogP contribution in [0.1, 0.15) is 22.5 Å². The van der Waals surface area contributed by atoms with Gasteiger partial charge in [0.05, 0.1) is 18.9 Å². The van der Waals surface area contributed by atoms with Crippen LogP contribution in [0.25, 0.3) is 0 Å². The number of anilines is 1. The van der Waals surface area contributed by atoms with E-state index >= 15 is 0 Å². The molecule has 0 fully saturated rings. The van der Waals surface area contributed by atoms with Crippen molar-refractivity contribution in [1.29, 1.82) is 5.26 Å². The Hall–Kier alpha value is -2.00. The summed E-state index contributed by atoms with van der Waals surface area (Å²) in [6, 6.07) is 1.93. The number of aromatic nitrogens is 3. The van der Waals surface area contributed by atoms with Crippen LogP contribution in [0.15, 0.2) is 18.6 Å². The minimum atomic E-state index is 0.318. The summed E-state index contributed by atoms with van der Waals surface area (Å²) >= 11 is 1.69. The molecule has 1 N–H and O–H groups in total. The van der Waals surface area contributed by atoms with Gasteiger partial charge >= 0.3 is 0 Å². The Kier molecular flexibility index (Phi) is 3.62. The van der Waals surface area contributed by atoms with Crippen molar-refractivity contribution >= 4 is 17.2 Å². The van der Waals surface area contributed by atoms with E-state index in [9.17, 15) is 0 Å². The molecule has 2 aromatic rings. The fourth-order valence-corrected chi connectivity index (χ4v) is 2.04. The van der Waals surface area contributed by atoms with E-state index in [1.165, 1.54) is 11.1 Å². The molecule has 0 aliphatic carbocycles. The monoisotopic (exact) mass is 245 g/mol. The molecule has 6 heteroatoms. The highest BCUT2D eigenvalue weighted by molar-refractivity contribution is 7.11. The van der Waals surface area contributed by atoms with Gasteiger partial charge in [0.2, 0.25) is 0 Å². The number of nitrogens with zero attached hydrogens (tertiary/aromatic N) is 4. The molecule has 0 spiro atoms. The summed E-state index contributed by atoms with van der Waals surface area (Å²) < 4.78 is 0. The predicted octanol–water partition coefficient (Wildman–Crippen LogP) is 1.98. The lowest BCUT2D eigenvalue weighted by atomic mass is 10.4. The third kappa shape index (κ3) is 2.98. The minimum absolute atomic E-state index is 0.318. The Morgan fingerprint density at radius 3 is 2.76 bits per heavy atom. The first kappa shape index (κ1) is 11.5. The van der Waals surface area contributed by atoms with E-state index in [-0.39, 0.29) is 0 Å². The average Bonchev–Trinajstić information content (AvgIpc) is 2.85. The Morgan fingerprint density at radius 1 is 1.29 bits per heavy atom. The Morgan fingerprint density at radius 2 is 2.18 bits per heavy atom. The molecule has 0 saturated carbocycles. The molecule has 0 aliphatic rings. The zero-order valence-electron chi connectivity index (χ0n) is 9.34. The molecular weight excluding hydrogens is 234 g/mol. The molecule has 0 atom stereocenters. The third-order valence-corrected chi connectivity index (χ3v) is 3.28. The van der Waals surface area contributed by atoms with Crippen molar-refractivity contribution in [2.75, 3.05) is 5.32 Å². The summed E-state index contributed by atoms with van der Waals surface area (Å²) in [6.07, 6.45) is 5.90. The molecule has 2 heterocycles. The van der Waals surface area contributed by atoms with Crippen LogP contribution in [0.4, 0.5) is 5.82 Å². The van der Waals surface area contributed by atoms with Crippen molar-refractivity contribution < 1.29 is 0 Å². The summed E-state index contributed by atoms with van der Waals surface area (Å²) in [5, 5.41) is 12.7. The minimum Gasteiger partial charge on any atom is -0.362 e. The number of aryl methyl sites for hydroxylation is 1. The highest BCUT2D eigenvalue weighted by Crippen LogP contribution is 2.14. The zero-order valence-corrected chi connectivity index (χ0v) is 10.2. The molecule has 0 aliphatic heterocycles. The Bertz CT molecular complexity index is 526. The highest BCUT2D eigenvalue weighted by Gasteiger charge is 2.01. The van der Waals surface area contributed by atoms with Crippen molar-refractivity contribution in [2.45, 2.75) is 19.9 Å². The van der Waals surface area contributed by atoms with E-state index in [1.807, 2.05) is 12.3 Å². The van der Waals surface area contributed by atoms with Gasteiger partial charge in [0.15, 0.2) is 5.69 Å². The number of rotatable bonds is 4. The molecule has 0 saturated heterocycles. The van der Waals surface area contributed by atoms with Gasteiger partial charge in [-0.25, -0.2) is 15.0 Å². The van der Waals surface area contributed by atoms with Crippen LogP contribution in [0, 0.1) is 11.3 Å². The van der Waals surface area contributed by atoms with Crippen molar-refractivity contribution in [3.05, 3.63) is 34.2 Å². The second-order valence-corrected chi connectivity index (χ2v) is 4.53. The summed E-state index contributed by atoms with van der Waals surface area (Å²) in [4.78, 5) is 13.6. The van der Waals surface area contributed by atoms with Gasteiger partial charge < -0.3 is 5.32 Å². The van der Waals surface area contributed by atoms with E-state index in [1.54, 1.807) is 17.5 Å². The largest absolute Gasteiger partial charge is 0.362 e. The predicted molar refractivity (Wildman–Crippen MR) is 65.6 cm³/mol. The molecule has 0 radical (unpaired) electrons. The fraction of sp³-hybridized carbons (Fsp3) is 0.273. The first-order valence-electron chi connectivity index (χ1n) is 5.21. The van der Waals surface area contributed by atoms with Crippen LogP contribution in [0.5, 0.6) is 0 Å². The number of hydrogen-bond donors (Lipinski definition) is 1. The van der Waals surface area contributed by atoms with Crippen LogP contribution in [-0.2, 0) is 13.0 Å². The quantitative estimate of drug-likeness (QED) is 0.891. The number of hydrogen-bond acceptors (Lipinski definition) is 6. The van der Waals surface area contributed by atoms with Gasteiger partial charge in [0, 0.05) is 11.1 Å². The number of thiazole rings is 1. The Balaban J connectivity index is 1.95. The SMILES string of the molecule is CCc1cnc(CNc2cnc(C#N)cn2)s1. The molecule has 0 amide bonds. The molecule has 0 aromatic carbocycles. The van der Waals surface area contributed by atoms with Gasteiger partial charge in [-0.1, -0.05) is 6.92 Å². The van der Waals surface area contributed by atoms with Crippen LogP contribution < -0.4 is 5.32 Å². The van der Waals surface area contributed by atoms with Crippen molar-refractivity contribution in [1.82, 2.24) is 15.0 Å². The summed E-state index contributed by atoms with van der Waals surface area (Å²) in [6.45, 7) is 2.74. The second kappa shape index (κ2) is 5.37. The summed E-state index contributed by atoms with van der Waals surface area (Å²) in [7, 11) is 0. The summed E-state index contributed by atoms with van der Waals surface area (Å²) in [5.41, 5.74) is 0.318. The Labute approximate surface area is 103 Å². The lowest BCUT2D eigenvalue weighted by Crippen LogP contribution is -2.01. The molecule has 2 rings (SSSR count). The topological polar surface area (TPSA) is 74.5 Å². The van der Waals surface area contributed by atoms with Crippen LogP contribution in [0.3, 0.4) is 0 Å². The lowest BCUT2D eigenvalue weighted by Gasteiger charge is -2.01. The van der Waals surface area contributed by atoms with E-state index in [2.05, 4.69) is 27.2 Å². The van der Waals surface area contributed by atoms with Gasteiger partial charge in [-0.3, -0.25) is 0 Å². The van der Waals surface area contributed by atoms with E-state index in [0.29, 0.717) is 18.1 Å². The van der Waals surface area contributed by atoms with E-state index < -0.39 is 0 Å². The van der Waals surface area contributed by atoms with Crippen LogP contribution in [-0.4, -0.2) is 15.0 Å². The molecule has 0 bridgehead atoms. The molecule has 86 valence electrons. The maximum absolute atomic E-state index is 8.59. The molecule has 2 aromatic heterocycles. The van der Waals surface area contributed by atoms with Crippen LogP contribution in [0.2, 0.25) is 0 Å². The smallest absolute Gasteiger partial charge is 0.158 e. The van der Waals surface area contributed by atoms with Crippen molar-refractivity contribution in [3.63, 3.8) is 0 Å². The second-order valence-electron chi connectivity index (χ2n) is 3.33. The van der Waals surface area contributed by atoms with Gasteiger partial charge in [-0.2, -0.15) is 5.26 Å². The van der Waals surface area contributed by atoms with Crippen molar-refractivity contribution in [3.8, 4) is 6.07 Å². The third-order valence-electron chi connectivity index (χ3n) is 2.14. The lowest BCUT2D eigenvalue weighted by molar-refractivity contribution is 1.05. The molecule has 0 unspecified atom stereocenters.